The van der Waals surface area contributed by atoms with E-state index in [1.54, 1.807) is 65.4 Å². The Morgan fingerprint density at radius 2 is 1.32 bits per heavy atom. The molecule has 11 nitrogen and oxygen atoms in total. The van der Waals surface area contributed by atoms with E-state index in [4.69, 9.17) is 0 Å². The van der Waals surface area contributed by atoms with Crippen molar-refractivity contribution < 1.29 is 19.8 Å². The second-order valence-electron chi connectivity index (χ2n) is 8.76. The van der Waals surface area contributed by atoms with E-state index >= 15 is 0 Å². The van der Waals surface area contributed by atoms with Gasteiger partial charge in [-0.2, -0.15) is 0 Å². The Kier molecular flexibility index (Phi) is 8.62. The molecule has 1 aromatic heterocycles. The van der Waals surface area contributed by atoms with Crippen LogP contribution in [0, 0.1) is 0 Å². The lowest BCUT2D eigenvalue weighted by molar-refractivity contribution is -0.116. The van der Waals surface area contributed by atoms with Crippen molar-refractivity contribution in [3.05, 3.63) is 81.4 Å². The molecule has 204 valence electrons. The Morgan fingerprint density at radius 3 is 1.88 bits per heavy atom. The van der Waals surface area contributed by atoms with Gasteiger partial charge >= 0.3 is 0 Å². The molecule has 3 heterocycles. The van der Waals surface area contributed by atoms with Crippen LogP contribution < -0.4 is 10.6 Å². The predicted octanol–water partition coefficient (Wildman–Crippen LogP) is 3.14. The molecular formula is C27H25N7O4S2. The first kappa shape index (κ1) is 27.2. The molecule has 3 aromatic rings. The van der Waals surface area contributed by atoms with Crippen LogP contribution in [0.25, 0.3) is 12.2 Å². The van der Waals surface area contributed by atoms with Crippen molar-refractivity contribution in [1.29, 1.82) is 0 Å². The summed E-state index contributed by atoms with van der Waals surface area (Å²) in [5.41, 5.74) is 2.44. The van der Waals surface area contributed by atoms with Crippen LogP contribution >= 0.6 is 23.5 Å². The molecule has 2 aliphatic heterocycles. The third-order valence-electron chi connectivity index (χ3n) is 5.69. The normalized spacial score (nSPS) is 19.2. The number of amides is 2. The monoisotopic (exact) mass is 575 g/mol. The Hall–Kier alpha value is -4.36. The molecule has 4 N–H and O–H groups in total. The summed E-state index contributed by atoms with van der Waals surface area (Å²) in [7, 11) is 0. The van der Waals surface area contributed by atoms with Gasteiger partial charge in [0.25, 0.3) is 11.8 Å². The summed E-state index contributed by atoms with van der Waals surface area (Å²) in [6.45, 7) is 1.61. The van der Waals surface area contributed by atoms with Crippen LogP contribution in [-0.2, 0) is 22.6 Å². The van der Waals surface area contributed by atoms with Gasteiger partial charge in [-0.25, -0.2) is 0 Å². The number of rotatable bonds is 9. The highest BCUT2D eigenvalue weighted by molar-refractivity contribution is 8.19. The first-order valence-corrected chi connectivity index (χ1v) is 14.0. The maximum Gasteiger partial charge on any atom is 0.264 e. The zero-order chi connectivity index (χ0) is 27.9. The van der Waals surface area contributed by atoms with Crippen molar-refractivity contribution in [3.8, 4) is 11.5 Å². The second kappa shape index (κ2) is 12.7. The van der Waals surface area contributed by atoms with Crippen LogP contribution in [0.4, 0.5) is 0 Å². The van der Waals surface area contributed by atoms with Crippen molar-refractivity contribution in [2.24, 2.45) is 9.98 Å². The molecule has 0 bridgehead atoms. The van der Waals surface area contributed by atoms with Crippen LogP contribution in [0.15, 0.2) is 74.5 Å². The number of aromatic nitrogens is 3. The van der Waals surface area contributed by atoms with Crippen LogP contribution in [0.1, 0.15) is 23.2 Å². The number of nitrogens with one attached hydrogen (secondary N) is 2. The van der Waals surface area contributed by atoms with E-state index in [0.717, 1.165) is 23.2 Å². The minimum Gasteiger partial charge on any atom is -0.508 e. The first-order valence-electron chi connectivity index (χ1n) is 12.4. The van der Waals surface area contributed by atoms with Gasteiger partial charge in [0.15, 0.2) is 10.3 Å². The van der Waals surface area contributed by atoms with E-state index in [1.165, 1.54) is 23.5 Å². The van der Waals surface area contributed by atoms with E-state index in [-0.39, 0.29) is 23.3 Å². The van der Waals surface area contributed by atoms with Gasteiger partial charge in [0, 0.05) is 32.3 Å². The third-order valence-corrected chi connectivity index (χ3v) is 7.59. The Morgan fingerprint density at radius 1 is 0.800 bits per heavy atom. The molecule has 0 atom stereocenters. The lowest BCUT2D eigenvalue weighted by atomic mass is 10.2. The molecule has 2 aromatic carbocycles. The summed E-state index contributed by atoms with van der Waals surface area (Å²) >= 11 is 2.57. The van der Waals surface area contributed by atoms with Gasteiger partial charge in [-0.3, -0.25) is 24.3 Å². The number of thioether (sulfide) groups is 2. The van der Waals surface area contributed by atoms with E-state index in [2.05, 4.69) is 30.9 Å². The van der Waals surface area contributed by atoms with Gasteiger partial charge in [-0.1, -0.05) is 29.5 Å². The highest BCUT2D eigenvalue weighted by Crippen LogP contribution is 2.27. The van der Waals surface area contributed by atoms with E-state index < -0.39 is 0 Å². The van der Waals surface area contributed by atoms with Crippen LogP contribution in [0.3, 0.4) is 0 Å². The summed E-state index contributed by atoms with van der Waals surface area (Å²) in [5.74, 6) is -0.0466. The van der Waals surface area contributed by atoms with Gasteiger partial charge in [-0.15, -0.1) is 5.10 Å². The zero-order valence-electron chi connectivity index (χ0n) is 21.1. The number of phenolic OH excluding ortho intramolecular Hbond substituents is 2. The molecule has 0 aliphatic carbocycles. The molecule has 40 heavy (non-hydrogen) atoms. The number of aryl methyl sites for hydroxylation is 1. The zero-order valence-corrected chi connectivity index (χ0v) is 22.8. The number of carbonyl (C=O) groups excluding carboxylic acids is 2. The van der Waals surface area contributed by atoms with E-state index in [9.17, 15) is 19.8 Å². The number of aliphatic imine (C=N–C) groups is 2. The molecule has 0 radical (unpaired) electrons. The summed E-state index contributed by atoms with van der Waals surface area (Å²) < 4.78 is 1.75. The smallest absolute Gasteiger partial charge is 0.264 e. The number of hydrogen-bond acceptors (Lipinski definition) is 10. The van der Waals surface area contributed by atoms with Crippen molar-refractivity contribution in [2.75, 3.05) is 13.1 Å². The van der Waals surface area contributed by atoms with Crippen LogP contribution in [-0.4, -0.2) is 60.4 Å². The van der Waals surface area contributed by atoms with Crippen LogP contribution in [0.5, 0.6) is 11.5 Å². The maximum atomic E-state index is 12.2. The minimum atomic E-state index is -0.202. The summed E-state index contributed by atoms with van der Waals surface area (Å²) in [4.78, 5) is 34.5. The molecule has 2 fully saturated rings. The first-order chi connectivity index (χ1) is 19.4. The summed E-state index contributed by atoms with van der Waals surface area (Å²) in [6, 6.07) is 13.2. The third kappa shape index (κ3) is 7.39. The molecule has 5 rings (SSSR count). The fraction of sp³-hybridized carbons (Fsp3) is 0.185. The topological polar surface area (TPSA) is 154 Å². The average Bonchev–Trinajstić information content (AvgIpc) is 3.63. The second-order valence-corrected chi connectivity index (χ2v) is 10.8. The maximum absolute atomic E-state index is 12.2. The molecule has 2 saturated heterocycles. The van der Waals surface area contributed by atoms with Gasteiger partial charge in [0.1, 0.15) is 11.5 Å². The molecule has 0 saturated carbocycles. The fourth-order valence-corrected chi connectivity index (χ4v) is 5.39. The predicted molar refractivity (Wildman–Crippen MR) is 157 cm³/mol. The van der Waals surface area contributed by atoms with Gasteiger partial charge in [0.05, 0.1) is 15.5 Å². The number of carbonyl (C=O) groups is 2. The standard InChI is InChI=1S/C27H25N7O4S2/c35-20-6-2-17(3-7-20)14-22-24(37)30-26(39-22)28-11-1-13-34-16-19(32-33-34)10-12-29-27-31-25(38)23(40-27)15-18-4-8-21(36)9-5-18/h2-9,14-16,35-36H,1,10-13H2,(H,28,30,37)(H,29,31,38)/b22-14-,23-15-. The number of amidine groups is 2. The number of phenols is 2. The highest BCUT2D eigenvalue weighted by atomic mass is 32.2. The highest BCUT2D eigenvalue weighted by Gasteiger charge is 2.24. The van der Waals surface area contributed by atoms with Crippen molar-refractivity contribution in [1.82, 2.24) is 25.6 Å². The van der Waals surface area contributed by atoms with Crippen molar-refractivity contribution >= 4 is 57.8 Å². The SMILES string of the molecule is O=C1NC(=NCCCn2cc(CCN=C3NC(=O)/C(=C/c4ccc(O)cc4)S3)nn2)S/C1=C\c1ccc(O)cc1. The summed E-state index contributed by atoms with van der Waals surface area (Å²) in [5, 5.41) is 33.8. The van der Waals surface area contributed by atoms with Crippen molar-refractivity contribution in [2.45, 2.75) is 19.4 Å². The van der Waals surface area contributed by atoms with Gasteiger partial charge in [-0.05, 0) is 77.5 Å². The van der Waals surface area contributed by atoms with E-state index in [0.29, 0.717) is 46.2 Å². The number of aromatic hydroxyl groups is 2. The molecule has 2 amide bonds. The molecule has 0 unspecified atom stereocenters. The number of benzene rings is 2. The molecule has 2 aliphatic rings. The largest absolute Gasteiger partial charge is 0.508 e. The van der Waals surface area contributed by atoms with E-state index in [1.807, 2.05) is 6.20 Å². The Labute approximate surface area is 238 Å². The van der Waals surface area contributed by atoms with Crippen LogP contribution in [0.2, 0.25) is 0 Å². The minimum absolute atomic E-state index is 0.173. The average molecular weight is 576 g/mol. The van der Waals surface area contributed by atoms with Gasteiger partial charge in [0.2, 0.25) is 0 Å². The lowest BCUT2D eigenvalue weighted by Gasteiger charge is -1.98. The quantitative estimate of drug-likeness (QED) is 0.224. The van der Waals surface area contributed by atoms with Gasteiger partial charge < -0.3 is 20.8 Å². The summed E-state index contributed by atoms with van der Waals surface area (Å²) in [6.07, 6.45) is 6.69. The molecule has 13 heteroatoms. The Bertz CT molecular complexity index is 1530. The lowest BCUT2D eigenvalue weighted by Crippen LogP contribution is -2.20. The van der Waals surface area contributed by atoms with Crippen molar-refractivity contribution in [3.63, 3.8) is 0 Å². The molecule has 0 spiro atoms. The number of nitrogens with zero attached hydrogens (tertiary/aromatic N) is 5. The molecular weight excluding hydrogens is 550 g/mol. The number of hydrogen-bond donors (Lipinski definition) is 4. The fourth-order valence-electron chi connectivity index (χ4n) is 3.69. The Balaban J connectivity index is 1.05.